The maximum Gasteiger partial charge on any atom is 0.335 e. The predicted octanol–water partition coefficient (Wildman–Crippen LogP) is 2.52. The summed E-state index contributed by atoms with van der Waals surface area (Å²) in [6.07, 6.45) is 3.53. The number of nitrogens with one attached hydrogen (secondary N) is 1. The van der Waals surface area contributed by atoms with Crippen LogP contribution in [0.5, 0.6) is 5.75 Å². The molecule has 126 valence electrons. The maximum atomic E-state index is 11.9. The zero-order chi connectivity index (χ0) is 16.9. The number of hydrogen-bond acceptors (Lipinski definition) is 5. The van der Waals surface area contributed by atoms with E-state index in [1.807, 2.05) is 0 Å². The Hall–Kier alpha value is -2.28. The minimum Gasteiger partial charge on any atom is -0.494 e. The molecule has 7 heteroatoms. The molecule has 24 heavy (non-hydrogen) atoms. The van der Waals surface area contributed by atoms with Crippen LogP contribution in [0.4, 0.5) is 0 Å². The summed E-state index contributed by atoms with van der Waals surface area (Å²) < 4.78 is 5.58. The zero-order valence-corrected chi connectivity index (χ0v) is 13.9. The summed E-state index contributed by atoms with van der Waals surface area (Å²) in [5, 5.41) is 9.51. The second-order valence-electron chi connectivity index (χ2n) is 5.53. The number of aromatic carboxylic acids is 1. The summed E-state index contributed by atoms with van der Waals surface area (Å²) in [5.74, 6) is 0.484. The van der Waals surface area contributed by atoms with Gasteiger partial charge in [-0.1, -0.05) is 11.8 Å². The highest BCUT2D eigenvalue weighted by Crippen LogP contribution is 2.20. The van der Waals surface area contributed by atoms with E-state index in [9.17, 15) is 9.59 Å². The van der Waals surface area contributed by atoms with Gasteiger partial charge < -0.3 is 14.8 Å². The van der Waals surface area contributed by atoms with Crippen LogP contribution in [-0.4, -0.2) is 33.4 Å². The number of ether oxygens (including phenoxy) is 1. The van der Waals surface area contributed by atoms with Crippen molar-refractivity contribution >= 4 is 17.7 Å². The Morgan fingerprint density at radius 2 is 2.08 bits per heavy atom. The van der Waals surface area contributed by atoms with Gasteiger partial charge in [0, 0.05) is 11.3 Å². The lowest BCUT2D eigenvalue weighted by molar-refractivity contribution is 0.0697. The van der Waals surface area contributed by atoms with Gasteiger partial charge in [0.05, 0.1) is 17.9 Å². The molecule has 2 N–H and O–H groups in total. The molecule has 0 saturated carbocycles. The Bertz CT molecular complexity index is 786. The van der Waals surface area contributed by atoms with E-state index in [0.717, 1.165) is 42.7 Å². The molecule has 1 aliphatic carbocycles. The van der Waals surface area contributed by atoms with Gasteiger partial charge in [0.1, 0.15) is 5.75 Å². The average Bonchev–Trinajstić information content (AvgIpc) is 3.04. The van der Waals surface area contributed by atoms with E-state index in [2.05, 4.69) is 9.97 Å². The highest BCUT2D eigenvalue weighted by molar-refractivity contribution is 7.99. The molecule has 1 heterocycles. The van der Waals surface area contributed by atoms with Gasteiger partial charge in [-0.25, -0.2) is 9.78 Å². The van der Waals surface area contributed by atoms with Crippen LogP contribution in [0, 0.1) is 0 Å². The van der Waals surface area contributed by atoms with Crippen LogP contribution >= 0.6 is 11.8 Å². The van der Waals surface area contributed by atoms with Crippen molar-refractivity contribution in [1.29, 1.82) is 0 Å². The van der Waals surface area contributed by atoms with Crippen molar-refractivity contribution in [2.45, 2.75) is 30.8 Å². The van der Waals surface area contributed by atoms with Crippen molar-refractivity contribution in [2.75, 3.05) is 12.4 Å². The molecular formula is C17H18N2O4S. The van der Waals surface area contributed by atoms with Crippen molar-refractivity contribution in [2.24, 2.45) is 0 Å². The van der Waals surface area contributed by atoms with Crippen LogP contribution in [0.25, 0.3) is 0 Å². The van der Waals surface area contributed by atoms with E-state index in [0.29, 0.717) is 17.5 Å². The van der Waals surface area contributed by atoms with E-state index in [-0.39, 0.29) is 11.1 Å². The summed E-state index contributed by atoms with van der Waals surface area (Å²) in [4.78, 5) is 30.0. The van der Waals surface area contributed by atoms with E-state index in [1.54, 1.807) is 12.1 Å². The van der Waals surface area contributed by atoms with Gasteiger partial charge in [0.15, 0.2) is 5.16 Å². The second kappa shape index (κ2) is 7.53. The van der Waals surface area contributed by atoms with Crippen LogP contribution < -0.4 is 10.3 Å². The third-order valence-corrected chi connectivity index (χ3v) is 4.78. The number of hydrogen-bond donors (Lipinski definition) is 2. The average molecular weight is 346 g/mol. The molecular weight excluding hydrogens is 328 g/mol. The number of rotatable bonds is 7. The van der Waals surface area contributed by atoms with E-state index in [1.165, 1.54) is 23.9 Å². The third-order valence-electron chi connectivity index (χ3n) is 3.82. The van der Waals surface area contributed by atoms with E-state index < -0.39 is 5.97 Å². The summed E-state index contributed by atoms with van der Waals surface area (Å²) in [6.45, 7) is 0.522. The van der Waals surface area contributed by atoms with Crippen LogP contribution in [0.15, 0.2) is 34.2 Å². The normalized spacial score (nSPS) is 12.8. The first kappa shape index (κ1) is 16.6. The van der Waals surface area contributed by atoms with Gasteiger partial charge in [-0.3, -0.25) is 4.79 Å². The quantitative estimate of drug-likeness (QED) is 0.455. The fourth-order valence-corrected chi connectivity index (χ4v) is 3.39. The monoisotopic (exact) mass is 346 g/mol. The first-order chi connectivity index (χ1) is 11.6. The predicted molar refractivity (Wildman–Crippen MR) is 91.1 cm³/mol. The van der Waals surface area contributed by atoms with Gasteiger partial charge in [-0.05, 0) is 49.9 Å². The molecule has 0 bridgehead atoms. The molecule has 0 aliphatic heterocycles. The SMILES string of the molecule is O=C(O)c1ccc(OCCCSc2nc3c(c(=O)[nH]2)CCC3)cc1. The molecule has 3 rings (SSSR count). The largest absolute Gasteiger partial charge is 0.494 e. The Morgan fingerprint density at radius 1 is 1.29 bits per heavy atom. The lowest BCUT2D eigenvalue weighted by Gasteiger charge is -2.06. The number of nitrogens with zero attached hydrogens (tertiary/aromatic N) is 1. The van der Waals surface area contributed by atoms with Crippen molar-refractivity contribution in [3.8, 4) is 5.75 Å². The van der Waals surface area contributed by atoms with Crippen LogP contribution in [0.3, 0.4) is 0 Å². The lowest BCUT2D eigenvalue weighted by atomic mass is 10.2. The molecule has 0 amide bonds. The summed E-state index contributed by atoms with van der Waals surface area (Å²) in [5.41, 5.74) is 2.02. The minimum absolute atomic E-state index is 0.00484. The van der Waals surface area contributed by atoms with Crippen molar-refractivity contribution in [1.82, 2.24) is 9.97 Å². The molecule has 0 fully saturated rings. The number of aromatic nitrogens is 2. The number of aromatic amines is 1. The first-order valence-corrected chi connectivity index (χ1v) is 8.83. The molecule has 0 saturated heterocycles. The number of benzene rings is 1. The molecule has 0 atom stereocenters. The zero-order valence-electron chi connectivity index (χ0n) is 13.1. The number of carboxylic acids is 1. The van der Waals surface area contributed by atoms with Gasteiger partial charge in [0.2, 0.25) is 0 Å². The summed E-state index contributed by atoms with van der Waals surface area (Å²) in [7, 11) is 0. The molecule has 1 aromatic carbocycles. The van der Waals surface area contributed by atoms with Crippen molar-refractivity contribution in [3.63, 3.8) is 0 Å². The summed E-state index contributed by atoms with van der Waals surface area (Å²) in [6, 6.07) is 6.34. The van der Waals surface area contributed by atoms with Gasteiger partial charge >= 0.3 is 5.97 Å². The van der Waals surface area contributed by atoms with Gasteiger partial charge in [-0.2, -0.15) is 0 Å². The van der Waals surface area contributed by atoms with E-state index in [4.69, 9.17) is 9.84 Å². The highest BCUT2D eigenvalue weighted by atomic mass is 32.2. The van der Waals surface area contributed by atoms with E-state index >= 15 is 0 Å². The molecule has 0 radical (unpaired) electrons. The summed E-state index contributed by atoms with van der Waals surface area (Å²) >= 11 is 1.52. The number of carbonyl (C=O) groups is 1. The first-order valence-electron chi connectivity index (χ1n) is 7.84. The number of fused-ring (bicyclic) bond motifs is 1. The van der Waals surface area contributed by atoms with Gasteiger partial charge in [0.25, 0.3) is 5.56 Å². The number of thioether (sulfide) groups is 1. The fourth-order valence-electron chi connectivity index (χ4n) is 2.60. The molecule has 2 aromatic rings. The molecule has 6 nitrogen and oxygen atoms in total. The number of H-pyrrole nitrogens is 1. The smallest absolute Gasteiger partial charge is 0.335 e. The van der Waals surface area contributed by atoms with Crippen LogP contribution in [0.2, 0.25) is 0 Å². The standard InChI is InChI=1S/C17H18N2O4S/c20-15-13-3-1-4-14(13)18-17(19-15)24-10-2-9-23-12-7-5-11(6-8-12)16(21)22/h5-8H,1-4,9-10H2,(H,21,22)(H,18,19,20). The Kier molecular flexibility index (Phi) is 5.20. The molecule has 1 aromatic heterocycles. The van der Waals surface area contributed by atoms with Crippen LogP contribution in [0.1, 0.15) is 34.5 Å². The number of carboxylic acid groups (broad SMARTS) is 1. The fraction of sp³-hybridized carbons (Fsp3) is 0.353. The third kappa shape index (κ3) is 3.97. The second-order valence-corrected chi connectivity index (χ2v) is 6.61. The van der Waals surface area contributed by atoms with Crippen LogP contribution in [-0.2, 0) is 12.8 Å². The van der Waals surface area contributed by atoms with Crippen molar-refractivity contribution in [3.05, 3.63) is 51.4 Å². The minimum atomic E-state index is -0.950. The van der Waals surface area contributed by atoms with Crippen molar-refractivity contribution < 1.29 is 14.6 Å². The number of aryl methyl sites for hydroxylation is 1. The van der Waals surface area contributed by atoms with Gasteiger partial charge in [-0.15, -0.1) is 0 Å². The lowest BCUT2D eigenvalue weighted by Crippen LogP contribution is -2.15. The molecule has 0 spiro atoms. The molecule has 1 aliphatic rings. The molecule has 0 unspecified atom stereocenters. The Labute approximate surface area is 143 Å². The maximum absolute atomic E-state index is 11.9. The topological polar surface area (TPSA) is 92.3 Å². The Morgan fingerprint density at radius 3 is 2.83 bits per heavy atom. The Balaban J connectivity index is 1.43. The highest BCUT2D eigenvalue weighted by Gasteiger charge is 2.17.